The first kappa shape index (κ1) is 7.50. The van der Waals surface area contributed by atoms with Crippen molar-refractivity contribution in [3.05, 3.63) is 22.7 Å². The second kappa shape index (κ2) is 2.54. The van der Waals surface area contributed by atoms with Gasteiger partial charge >= 0.3 is 0 Å². The van der Waals surface area contributed by atoms with Gasteiger partial charge in [-0.2, -0.15) is 0 Å². The molecule has 1 heterocycles. The predicted octanol–water partition coefficient (Wildman–Crippen LogP) is 2.53. The van der Waals surface area contributed by atoms with Gasteiger partial charge in [0.25, 0.3) is 0 Å². The lowest BCUT2D eigenvalue weighted by atomic mass is 10.3. The lowest BCUT2D eigenvalue weighted by molar-refractivity contribution is 0.630. The van der Waals surface area contributed by atoms with Crippen molar-refractivity contribution in [3.63, 3.8) is 0 Å². The molecule has 1 aromatic carbocycles. The Morgan fingerprint density at radius 2 is 2.23 bits per heavy atom. The molecule has 13 heavy (non-hydrogen) atoms. The second-order valence-corrected chi connectivity index (χ2v) is 4.23. The summed E-state index contributed by atoms with van der Waals surface area (Å²) in [6.45, 7) is 0. The molecular formula is C9H8BrN3. The average Bonchev–Trinajstić information content (AvgIpc) is 2.87. The normalized spacial score (nSPS) is 16.7. The molecule has 0 amide bonds. The highest BCUT2D eigenvalue weighted by molar-refractivity contribution is 9.10. The Morgan fingerprint density at radius 3 is 3.00 bits per heavy atom. The molecule has 1 aliphatic rings. The molecule has 0 saturated heterocycles. The standard InChI is InChI=1S/C9H8BrN3/c10-7-2-1-3-8-9(7)11-12-13(8)6-4-5-6/h1-3,6H,4-5H2. The van der Waals surface area contributed by atoms with E-state index in [2.05, 4.69) is 32.3 Å². The van der Waals surface area contributed by atoms with Gasteiger partial charge in [-0.15, -0.1) is 5.10 Å². The first-order valence-electron chi connectivity index (χ1n) is 4.35. The van der Waals surface area contributed by atoms with Crippen LogP contribution >= 0.6 is 15.9 Å². The van der Waals surface area contributed by atoms with Crippen molar-refractivity contribution >= 4 is 27.0 Å². The predicted molar refractivity (Wildman–Crippen MR) is 53.5 cm³/mol. The van der Waals surface area contributed by atoms with Crippen LogP contribution in [0.15, 0.2) is 22.7 Å². The van der Waals surface area contributed by atoms with Gasteiger partial charge in [-0.1, -0.05) is 11.3 Å². The molecule has 0 radical (unpaired) electrons. The third kappa shape index (κ3) is 1.09. The van der Waals surface area contributed by atoms with Gasteiger partial charge < -0.3 is 0 Å². The number of fused-ring (bicyclic) bond motifs is 1. The molecule has 2 aromatic rings. The zero-order valence-corrected chi connectivity index (χ0v) is 8.53. The molecule has 1 saturated carbocycles. The topological polar surface area (TPSA) is 30.7 Å². The van der Waals surface area contributed by atoms with E-state index in [-0.39, 0.29) is 0 Å². The van der Waals surface area contributed by atoms with Gasteiger partial charge in [0, 0.05) is 4.47 Å². The third-order valence-electron chi connectivity index (χ3n) is 2.35. The van der Waals surface area contributed by atoms with Gasteiger partial charge in [-0.05, 0) is 40.9 Å². The molecule has 3 rings (SSSR count). The van der Waals surface area contributed by atoms with Crippen molar-refractivity contribution in [2.45, 2.75) is 18.9 Å². The Labute approximate surface area is 83.9 Å². The van der Waals surface area contributed by atoms with Crippen LogP contribution < -0.4 is 0 Å². The summed E-state index contributed by atoms with van der Waals surface area (Å²) in [5, 5.41) is 8.30. The Bertz CT molecular complexity index is 459. The summed E-state index contributed by atoms with van der Waals surface area (Å²) in [7, 11) is 0. The lowest BCUT2D eigenvalue weighted by Gasteiger charge is -1.97. The first-order chi connectivity index (χ1) is 6.36. The number of hydrogen-bond acceptors (Lipinski definition) is 2. The van der Waals surface area contributed by atoms with Gasteiger partial charge in [-0.25, -0.2) is 4.68 Å². The van der Waals surface area contributed by atoms with Gasteiger partial charge in [-0.3, -0.25) is 0 Å². The Morgan fingerprint density at radius 1 is 1.38 bits per heavy atom. The number of hydrogen-bond donors (Lipinski definition) is 0. The fourth-order valence-electron chi connectivity index (χ4n) is 1.52. The van der Waals surface area contributed by atoms with Crippen LogP contribution in [0.4, 0.5) is 0 Å². The number of aromatic nitrogens is 3. The molecule has 1 aliphatic carbocycles. The van der Waals surface area contributed by atoms with Gasteiger partial charge in [0.15, 0.2) is 0 Å². The molecule has 0 aliphatic heterocycles. The highest BCUT2D eigenvalue weighted by atomic mass is 79.9. The van der Waals surface area contributed by atoms with Crippen LogP contribution in [0.1, 0.15) is 18.9 Å². The molecule has 4 heteroatoms. The van der Waals surface area contributed by atoms with Crippen molar-refractivity contribution in [2.75, 3.05) is 0 Å². The maximum absolute atomic E-state index is 4.15. The summed E-state index contributed by atoms with van der Waals surface area (Å²) >= 11 is 3.46. The molecule has 0 bridgehead atoms. The van der Waals surface area contributed by atoms with E-state index < -0.39 is 0 Å². The van der Waals surface area contributed by atoms with Crippen molar-refractivity contribution in [2.24, 2.45) is 0 Å². The zero-order valence-electron chi connectivity index (χ0n) is 6.94. The van der Waals surface area contributed by atoms with Crippen LogP contribution in [0.5, 0.6) is 0 Å². The van der Waals surface area contributed by atoms with Gasteiger partial charge in [0.1, 0.15) is 5.52 Å². The van der Waals surface area contributed by atoms with Crippen molar-refractivity contribution in [1.29, 1.82) is 0 Å². The molecule has 3 nitrogen and oxygen atoms in total. The molecule has 0 N–H and O–H groups in total. The SMILES string of the molecule is Brc1cccc2c1nnn2C1CC1. The van der Waals surface area contributed by atoms with Crippen LogP contribution in [0.3, 0.4) is 0 Å². The lowest BCUT2D eigenvalue weighted by Crippen LogP contribution is -1.95. The molecule has 0 spiro atoms. The fourth-order valence-corrected chi connectivity index (χ4v) is 1.95. The van der Waals surface area contributed by atoms with Gasteiger partial charge in [0.2, 0.25) is 0 Å². The highest BCUT2D eigenvalue weighted by Gasteiger charge is 2.26. The van der Waals surface area contributed by atoms with Crippen molar-refractivity contribution in [3.8, 4) is 0 Å². The largest absolute Gasteiger partial charge is 0.242 e. The number of rotatable bonds is 1. The second-order valence-electron chi connectivity index (χ2n) is 3.37. The summed E-state index contributed by atoms with van der Waals surface area (Å²) in [6, 6.07) is 6.68. The molecule has 66 valence electrons. The van der Waals surface area contributed by atoms with Crippen LogP contribution in [0.25, 0.3) is 11.0 Å². The van der Waals surface area contributed by atoms with E-state index in [0.29, 0.717) is 6.04 Å². The monoisotopic (exact) mass is 237 g/mol. The van der Waals surface area contributed by atoms with Crippen LogP contribution in [0.2, 0.25) is 0 Å². The quantitative estimate of drug-likeness (QED) is 0.764. The fraction of sp³-hybridized carbons (Fsp3) is 0.333. The highest BCUT2D eigenvalue weighted by Crippen LogP contribution is 2.36. The molecule has 1 aromatic heterocycles. The van der Waals surface area contributed by atoms with E-state index >= 15 is 0 Å². The molecule has 0 unspecified atom stereocenters. The molecular weight excluding hydrogens is 230 g/mol. The van der Waals surface area contributed by atoms with E-state index in [0.717, 1.165) is 15.5 Å². The number of benzene rings is 1. The summed E-state index contributed by atoms with van der Waals surface area (Å²) in [4.78, 5) is 0. The summed E-state index contributed by atoms with van der Waals surface area (Å²) in [6.07, 6.45) is 2.48. The Kier molecular flexibility index (Phi) is 1.47. The van der Waals surface area contributed by atoms with Crippen molar-refractivity contribution < 1.29 is 0 Å². The van der Waals surface area contributed by atoms with E-state index in [4.69, 9.17) is 0 Å². The number of nitrogens with zero attached hydrogens (tertiary/aromatic N) is 3. The number of halogens is 1. The van der Waals surface area contributed by atoms with Crippen LogP contribution in [-0.4, -0.2) is 15.0 Å². The van der Waals surface area contributed by atoms with E-state index in [1.807, 2.05) is 16.8 Å². The third-order valence-corrected chi connectivity index (χ3v) is 2.99. The minimum absolute atomic E-state index is 0.597. The Balaban J connectivity index is 2.32. The average molecular weight is 238 g/mol. The van der Waals surface area contributed by atoms with E-state index in [9.17, 15) is 0 Å². The first-order valence-corrected chi connectivity index (χ1v) is 5.15. The summed E-state index contributed by atoms with van der Waals surface area (Å²) in [5.74, 6) is 0. The van der Waals surface area contributed by atoms with Gasteiger partial charge in [0.05, 0.1) is 11.6 Å². The summed E-state index contributed by atoms with van der Waals surface area (Å²) < 4.78 is 3.05. The zero-order chi connectivity index (χ0) is 8.84. The minimum atomic E-state index is 0.597. The van der Waals surface area contributed by atoms with E-state index in [1.54, 1.807) is 0 Å². The van der Waals surface area contributed by atoms with E-state index in [1.165, 1.54) is 12.8 Å². The summed E-state index contributed by atoms with van der Waals surface area (Å²) in [5.41, 5.74) is 2.10. The molecule has 0 atom stereocenters. The Hall–Kier alpha value is -0.900. The van der Waals surface area contributed by atoms with Crippen LogP contribution in [-0.2, 0) is 0 Å². The minimum Gasteiger partial charge on any atom is -0.242 e. The molecule has 1 fully saturated rings. The van der Waals surface area contributed by atoms with Crippen molar-refractivity contribution in [1.82, 2.24) is 15.0 Å². The smallest absolute Gasteiger partial charge is 0.127 e. The van der Waals surface area contributed by atoms with Crippen LogP contribution in [0, 0.1) is 0 Å². The maximum atomic E-state index is 4.15. The maximum Gasteiger partial charge on any atom is 0.127 e.